The summed E-state index contributed by atoms with van der Waals surface area (Å²) in [5.74, 6) is -0.294. The van der Waals surface area contributed by atoms with Gasteiger partial charge in [-0.25, -0.2) is 4.39 Å². The maximum Gasteiger partial charge on any atom is 0.236 e. The molecule has 0 saturated carbocycles. The van der Waals surface area contributed by atoms with Crippen molar-refractivity contribution in [3.8, 4) is 0 Å². The molecule has 0 aliphatic carbocycles. The van der Waals surface area contributed by atoms with Crippen LogP contribution in [-0.2, 0) is 9.53 Å². The summed E-state index contributed by atoms with van der Waals surface area (Å²) in [6.45, 7) is 6.33. The first kappa shape index (κ1) is 17.6. The topological polar surface area (TPSA) is 53.0 Å². The van der Waals surface area contributed by atoms with Crippen LogP contribution in [0.5, 0.6) is 0 Å². The summed E-state index contributed by atoms with van der Waals surface area (Å²) in [6, 6.07) is 6.16. The number of carbonyl (C=O) groups excluding carboxylic acids is 1. The van der Waals surface area contributed by atoms with Crippen LogP contribution in [0.1, 0.15) is 11.7 Å². The summed E-state index contributed by atoms with van der Waals surface area (Å²) in [7, 11) is 0. The summed E-state index contributed by atoms with van der Waals surface area (Å²) in [6.07, 6.45) is 1.47. The molecule has 2 rings (SSSR count). The van der Waals surface area contributed by atoms with E-state index < -0.39 is 0 Å². The van der Waals surface area contributed by atoms with Gasteiger partial charge in [-0.05, 0) is 17.7 Å². The van der Waals surface area contributed by atoms with Gasteiger partial charge in [0.05, 0.1) is 26.3 Å². The quantitative estimate of drug-likeness (QED) is 0.767. The van der Waals surface area contributed by atoms with Crippen molar-refractivity contribution in [2.24, 2.45) is 0 Å². The van der Waals surface area contributed by atoms with Gasteiger partial charge in [0.25, 0.3) is 0 Å². The van der Waals surface area contributed by atoms with E-state index in [0.29, 0.717) is 32.8 Å². The second-order valence-electron chi connectivity index (χ2n) is 5.50. The maximum absolute atomic E-state index is 13.0. The van der Waals surface area contributed by atoms with Crippen molar-refractivity contribution in [2.75, 3.05) is 45.9 Å². The molecule has 1 unspecified atom stereocenters. The number of ether oxygens (including phenoxy) is 1. The summed E-state index contributed by atoms with van der Waals surface area (Å²) >= 11 is 0. The molecule has 0 bridgehead atoms. The average molecular weight is 322 g/mol. The summed E-state index contributed by atoms with van der Waals surface area (Å²) < 4.78 is 18.7. The molecule has 1 aliphatic rings. The highest BCUT2D eigenvalue weighted by Gasteiger charge is 2.26. The Morgan fingerprint density at radius 3 is 2.87 bits per heavy atom. The predicted octanol–water partition coefficient (Wildman–Crippen LogP) is 1.21. The number of hydrogen-bond donors (Lipinski definition) is 1. The van der Waals surface area contributed by atoms with Gasteiger partial charge in [0.2, 0.25) is 5.91 Å². The molecule has 23 heavy (non-hydrogen) atoms. The van der Waals surface area contributed by atoms with Crippen LogP contribution in [0.25, 0.3) is 0 Å². The molecule has 1 amide bonds. The van der Waals surface area contributed by atoms with E-state index in [1.165, 1.54) is 12.1 Å². The Labute approximate surface area is 136 Å². The lowest BCUT2D eigenvalue weighted by Gasteiger charge is -2.34. The fourth-order valence-electron chi connectivity index (χ4n) is 2.61. The van der Waals surface area contributed by atoms with Crippen molar-refractivity contribution < 1.29 is 19.0 Å². The maximum atomic E-state index is 13.0. The Kier molecular flexibility index (Phi) is 6.70. The molecule has 5 nitrogen and oxygen atoms in total. The van der Waals surface area contributed by atoms with Crippen LogP contribution in [0.15, 0.2) is 36.9 Å². The zero-order chi connectivity index (χ0) is 16.7. The minimum Gasteiger partial charge on any atom is -0.395 e. The third-order valence-electron chi connectivity index (χ3n) is 3.82. The molecule has 6 heteroatoms. The van der Waals surface area contributed by atoms with Crippen molar-refractivity contribution >= 4 is 5.91 Å². The summed E-state index contributed by atoms with van der Waals surface area (Å²) in [5, 5.41) is 9.05. The van der Waals surface area contributed by atoms with Gasteiger partial charge in [0, 0.05) is 19.6 Å². The number of hydrogen-bond acceptors (Lipinski definition) is 4. The first-order valence-corrected chi connectivity index (χ1v) is 7.73. The highest BCUT2D eigenvalue weighted by atomic mass is 19.1. The van der Waals surface area contributed by atoms with Crippen molar-refractivity contribution in [1.82, 2.24) is 9.80 Å². The van der Waals surface area contributed by atoms with Gasteiger partial charge in [0.1, 0.15) is 11.9 Å². The minimum absolute atomic E-state index is 0.00242. The molecule has 0 spiro atoms. The Morgan fingerprint density at radius 2 is 2.22 bits per heavy atom. The number of aliphatic hydroxyl groups excluding tert-OH is 1. The standard InChI is InChI=1S/C17H23FN2O3/c1-2-7-19(8-10-21)13-17(22)20-9-11-23-16(12-20)14-3-5-15(18)6-4-14/h2-6,16,21H,1,7-13H2. The molecule has 1 saturated heterocycles. The van der Waals surface area contributed by atoms with Crippen molar-refractivity contribution in [3.63, 3.8) is 0 Å². The lowest BCUT2D eigenvalue weighted by molar-refractivity contribution is -0.140. The lowest BCUT2D eigenvalue weighted by Crippen LogP contribution is -2.47. The SMILES string of the molecule is C=CCN(CCO)CC(=O)N1CCOC(c2ccc(F)cc2)C1. The third-order valence-corrected chi connectivity index (χ3v) is 3.82. The molecule has 0 radical (unpaired) electrons. The summed E-state index contributed by atoms with van der Waals surface area (Å²) in [4.78, 5) is 16.0. The number of amides is 1. The molecular formula is C17H23FN2O3. The van der Waals surface area contributed by atoms with E-state index in [2.05, 4.69) is 6.58 Å². The lowest BCUT2D eigenvalue weighted by atomic mass is 10.1. The Balaban J connectivity index is 1.95. The van der Waals surface area contributed by atoms with Crippen LogP contribution in [0, 0.1) is 5.82 Å². The van der Waals surface area contributed by atoms with Gasteiger partial charge in [-0.3, -0.25) is 9.69 Å². The number of carbonyl (C=O) groups is 1. The van der Waals surface area contributed by atoms with Gasteiger partial charge in [0.15, 0.2) is 0 Å². The molecule has 1 aromatic rings. The van der Waals surface area contributed by atoms with Crippen molar-refractivity contribution in [1.29, 1.82) is 0 Å². The molecule has 1 aromatic carbocycles. The van der Waals surface area contributed by atoms with Gasteiger partial charge >= 0.3 is 0 Å². The monoisotopic (exact) mass is 322 g/mol. The van der Waals surface area contributed by atoms with Crippen LogP contribution in [0.4, 0.5) is 4.39 Å². The summed E-state index contributed by atoms with van der Waals surface area (Å²) in [5.41, 5.74) is 0.863. The Bertz CT molecular complexity index is 521. The van der Waals surface area contributed by atoms with Crippen molar-refractivity contribution in [3.05, 3.63) is 48.3 Å². The van der Waals surface area contributed by atoms with Crippen LogP contribution in [0.2, 0.25) is 0 Å². The number of benzene rings is 1. The highest BCUT2D eigenvalue weighted by molar-refractivity contribution is 5.78. The average Bonchev–Trinajstić information content (AvgIpc) is 2.56. The van der Waals surface area contributed by atoms with Gasteiger partial charge in [-0.15, -0.1) is 6.58 Å². The number of aliphatic hydroxyl groups is 1. The zero-order valence-electron chi connectivity index (χ0n) is 13.2. The van der Waals surface area contributed by atoms with E-state index in [1.807, 2.05) is 4.90 Å². The predicted molar refractivity (Wildman–Crippen MR) is 85.4 cm³/mol. The second-order valence-corrected chi connectivity index (χ2v) is 5.50. The number of morpholine rings is 1. The molecule has 1 atom stereocenters. The second kappa shape index (κ2) is 8.76. The molecule has 0 aromatic heterocycles. The van der Waals surface area contributed by atoms with Gasteiger partial charge < -0.3 is 14.7 Å². The smallest absolute Gasteiger partial charge is 0.236 e. The molecule has 126 valence electrons. The molecule has 1 fully saturated rings. The third kappa shape index (κ3) is 5.13. The van der Waals surface area contributed by atoms with Gasteiger partial charge in [-0.2, -0.15) is 0 Å². The molecular weight excluding hydrogens is 299 g/mol. The van der Waals surface area contributed by atoms with E-state index in [-0.39, 0.29) is 31.0 Å². The minimum atomic E-state index is -0.290. The fraction of sp³-hybridized carbons (Fsp3) is 0.471. The normalized spacial score (nSPS) is 18.2. The van der Waals surface area contributed by atoms with Crippen LogP contribution in [-0.4, -0.2) is 66.8 Å². The van der Waals surface area contributed by atoms with Crippen molar-refractivity contribution in [2.45, 2.75) is 6.10 Å². The Morgan fingerprint density at radius 1 is 1.48 bits per heavy atom. The number of halogens is 1. The van der Waals surface area contributed by atoms with E-state index in [4.69, 9.17) is 9.84 Å². The van der Waals surface area contributed by atoms with E-state index >= 15 is 0 Å². The number of nitrogens with zero attached hydrogens (tertiary/aromatic N) is 2. The first-order valence-electron chi connectivity index (χ1n) is 7.73. The van der Waals surface area contributed by atoms with E-state index in [0.717, 1.165) is 5.56 Å². The van der Waals surface area contributed by atoms with Gasteiger partial charge in [-0.1, -0.05) is 18.2 Å². The fourth-order valence-corrected chi connectivity index (χ4v) is 2.61. The zero-order valence-corrected chi connectivity index (χ0v) is 13.2. The highest BCUT2D eigenvalue weighted by Crippen LogP contribution is 2.22. The van der Waals surface area contributed by atoms with Crippen LogP contribution in [0.3, 0.4) is 0 Å². The van der Waals surface area contributed by atoms with Crippen LogP contribution >= 0.6 is 0 Å². The Hall–Kier alpha value is -1.76. The molecule has 1 aliphatic heterocycles. The molecule has 1 heterocycles. The van der Waals surface area contributed by atoms with E-state index in [1.54, 1.807) is 23.1 Å². The first-order chi connectivity index (χ1) is 11.1. The van der Waals surface area contributed by atoms with E-state index in [9.17, 15) is 9.18 Å². The largest absolute Gasteiger partial charge is 0.395 e. The van der Waals surface area contributed by atoms with Crippen LogP contribution < -0.4 is 0 Å². The number of rotatable bonds is 7. The molecule has 1 N–H and O–H groups in total.